The van der Waals surface area contributed by atoms with Crippen LogP contribution in [0.4, 0.5) is 0 Å². The molecule has 0 bridgehead atoms. The van der Waals surface area contributed by atoms with E-state index in [9.17, 15) is 9.59 Å². The number of benzene rings is 2. The Labute approximate surface area is 188 Å². The minimum absolute atomic E-state index is 0.102. The van der Waals surface area contributed by atoms with Crippen molar-refractivity contribution in [1.29, 1.82) is 0 Å². The molecule has 0 radical (unpaired) electrons. The Morgan fingerprint density at radius 1 is 1.00 bits per heavy atom. The number of amides is 2. The van der Waals surface area contributed by atoms with Crippen molar-refractivity contribution in [1.82, 2.24) is 10.6 Å². The maximum atomic E-state index is 13.2. The smallest absolute Gasteiger partial charge is 0.268 e. The maximum Gasteiger partial charge on any atom is 0.268 e. The first kappa shape index (κ1) is 22.9. The summed E-state index contributed by atoms with van der Waals surface area (Å²) in [7, 11) is 1.56. The van der Waals surface area contributed by atoms with Crippen molar-refractivity contribution in [3.8, 4) is 5.75 Å². The summed E-state index contributed by atoms with van der Waals surface area (Å²) in [6, 6.07) is 19.7. The molecule has 0 fully saturated rings. The summed E-state index contributed by atoms with van der Waals surface area (Å²) >= 11 is 0. The lowest BCUT2D eigenvalue weighted by atomic mass is 9.97. The molecule has 0 saturated heterocycles. The highest BCUT2D eigenvalue weighted by molar-refractivity contribution is 6.05. The molecular formula is C26H28N2O4. The molecule has 1 heterocycles. The van der Waals surface area contributed by atoms with E-state index in [4.69, 9.17) is 9.15 Å². The Hall–Kier alpha value is -3.80. The fourth-order valence-electron chi connectivity index (χ4n) is 3.28. The molecule has 2 amide bonds. The van der Waals surface area contributed by atoms with Crippen LogP contribution in [0.5, 0.6) is 5.75 Å². The molecule has 6 heteroatoms. The normalized spacial score (nSPS) is 12.3. The SMILES string of the molecule is COc1ccc(C(=O)N/C(=C\c2ccco2)C(=O)N[C@@H](CC(C)C)c2ccccc2)cc1. The number of ether oxygens (including phenoxy) is 1. The van der Waals surface area contributed by atoms with Crippen molar-refractivity contribution in [2.75, 3.05) is 7.11 Å². The minimum Gasteiger partial charge on any atom is -0.497 e. The van der Waals surface area contributed by atoms with Crippen LogP contribution in [-0.4, -0.2) is 18.9 Å². The number of carbonyl (C=O) groups excluding carboxylic acids is 2. The minimum atomic E-state index is -0.402. The molecule has 0 aliphatic rings. The molecule has 6 nitrogen and oxygen atoms in total. The van der Waals surface area contributed by atoms with Gasteiger partial charge in [-0.3, -0.25) is 9.59 Å². The highest BCUT2D eigenvalue weighted by Crippen LogP contribution is 2.22. The van der Waals surface area contributed by atoms with E-state index in [0.717, 1.165) is 12.0 Å². The Morgan fingerprint density at radius 2 is 1.72 bits per heavy atom. The number of furan rings is 1. The zero-order valence-corrected chi connectivity index (χ0v) is 18.5. The Bertz CT molecular complexity index is 1040. The van der Waals surface area contributed by atoms with Crippen LogP contribution in [0.1, 0.15) is 48.0 Å². The first-order valence-electron chi connectivity index (χ1n) is 10.5. The summed E-state index contributed by atoms with van der Waals surface area (Å²) in [5.41, 5.74) is 1.52. The predicted molar refractivity (Wildman–Crippen MR) is 124 cm³/mol. The summed E-state index contributed by atoms with van der Waals surface area (Å²) in [4.78, 5) is 26.1. The molecule has 0 aliphatic heterocycles. The quantitative estimate of drug-likeness (QED) is 0.468. The second-order valence-corrected chi connectivity index (χ2v) is 7.82. The van der Waals surface area contributed by atoms with Crippen molar-refractivity contribution >= 4 is 17.9 Å². The van der Waals surface area contributed by atoms with Crippen LogP contribution in [-0.2, 0) is 4.79 Å². The molecule has 1 atom stereocenters. The van der Waals surface area contributed by atoms with Gasteiger partial charge in [0.25, 0.3) is 11.8 Å². The van der Waals surface area contributed by atoms with Gasteiger partial charge in [0.1, 0.15) is 17.2 Å². The maximum absolute atomic E-state index is 13.2. The van der Waals surface area contributed by atoms with E-state index in [1.54, 1.807) is 43.5 Å². The second-order valence-electron chi connectivity index (χ2n) is 7.82. The molecule has 32 heavy (non-hydrogen) atoms. The van der Waals surface area contributed by atoms with E-state index in [1.807, 2.05) is 30.3 Å². The van der Waals surface area contributed by atoms with Gasteiger partial charge in [-0.25, -0.2) is 0 Å². The van der Waals surface area contributed by atoms with Crippen LogP contribution in [0.25, 0.3) is 6.08 Å². The van der Waals surface area contributed by atoms with Crippen LogP contribution >= 0.6 is 0 Å². The summed E-state index contributed by atoms with van der Waals surface area (Å²) in [5.74, 6) is 0.681. The van der Waals surface area contributed by atoms with E-state index in [-0.39, 0.29) is 11.7 Å². The van der Waals surface area contributed by atoms with Gasteiger partial charge in [0.05, 0.1) is 19.4 Å². The highest BCUT2D eigenvalue weighted by atomic mass is 16.5. The van der Waals surface area contributed by atoms with Gasteiger partial charge in [0.2, 0.25) is 0 Å². The van der Waals surface area contributed by atoms with E-state index < -0.39 is 11.8 Å². The average Bonchev–Trinajstić information content (AvgIpc) is 3.31. The van der Waals surface area contributed by atoms with E-state index in [1.165, 1.54) is 12.3 Å². The molecule has 0 saturated carbocycles. The van der Waals surface area contributed by atoms with Crippen molar-refractivity contribution in [2.45, 2.75) is 26.3 Å². The van der Waals surface area contributed by atoms with Crippen LogP contribution < -0.4 is 15.4 Å². The monoisotopic (exact) mass is 432 g/mol. The van der Waals surface area contributed by atoms with Crippen molar-refractivity contribution in [2.24, 2.45) is 5.92 Å². The van der Waals surface area contributed by atoms with Crippen LogP contribution in [0.3, 0.4) is 0 Å². The second kappa shape index (κ2) is 11.0. The molecule has 1 aromatic heterocycles. The molecule has 2 aromatic carbocycles. The van der Waals surface area contributed by atoms with Gasteiger partial charge in [-0.1, -0.05) is 44.2 Å². The van der Waals surface area contributed by atoms with E-state index in [2.05, 4.69) is 24.5 Å². The lowest BCUT2D eigenvalue weighted by molar-refractivity contribution is -0.118. The molecule has 0 spiro atoms. The fraction of sp³-hybridized carbons (Fsp3) is 0.231. The zero-order chi connectivity index (χ0) is 22.9. The lowest BCUT2D eigenvalue weighted by Gasteiger charge is -2.22. The third kappa shape index (κ3) is 6.35. The summed E-state index contributed by atoms with van der Waals surface area (Å²) in [5, 5.41) is 5.80. The van der Waals surface area contributed by atoms with Crippen molar-refractivity contribution in [3.63, 3.8) is 0 Å². The third-order valence-corrected chi connectivity index (χ3v) is 4.89. The van der Waals surface area contributed by atoms with Gasteiger partial charge in [0, 0.05) is 11.6 Å². The number of hydrogen-bond acceptors (Lipinski definition) is 4. The number of hydrogen-bond donors (Lipinski definition) is 2. The standard InChI is InChI=1S/C26H28N2O4/c1-18(2)16-23(19-8-5-4-6-9-19)27-26(30)24(17-22-10-7-15-32-22)28-25(29)20-11-13-21(31-3)14-12-20/h4-15,17-18,23H,16H2,1-3H3,(H,27,30)(H,28,29)/b24-17-/t23-/m0/s1. The average molecular weight is 433 g/mol. The number of carbonyl (C=O) groups is 2. The van der Waals surface area contributed by atoms with Gasteiger partial charge in [-0.15, -0.1) is 0 Å². The predicted octanol–water partition coefficient (Wildman–Crippen LogP) is 4.96. The van der Waals surface area contributed by atoms with E-state index in [0.29, 0.717) is 23.0 Å². The fourth-order valence-corrected chi connectivity index (χ4v) is 3.28. The highest BCUT2D eigenvalue weighted by Gasteiger charge is 2.21. The summed E-state index contributed by atoms with van der Waals surface area (Å²) in [6.07, 6.45) is 3.79. The summed E-state index contributed by atoms with van der Waals surface area (Å²) < 4.78 is 10.5. The summed E-state index contributed by atoms with van der Waals surface area (Å²) in [6.45, 7) is 4.21. The van der Waals surface area contributed by atoms with Crippen molar-refractivity contribution in [3.05, 3.63) is 95.6 Å². The van der Waals surface area contributed by atoms with Crippen LogP contribution in [0, 0.1) is 5.92 Å². The largest absolute Gasteiger partial charge is 0.497 e. The van der Waals surface area contributed by atoms with Crippen LogP contribution in [0.2, 0.25) is 0 Å². The molecule has 0 aliphatic carbocycles. The number of rotatable bonds is 9. The van der Waals surface area contributed by atoms with E-state index >= 15 is 0 Å². The van der Waals surface area contributed by atoms with Gasteiger partial charge in [0.15, 0.2) is 0 Å². The molecule has 166 valence electrons. The first-order valence-corrected chi connectivity index (χ1v) is 10.5. The van der Waals surface area contributed by atoms with Crippen LogP contribution in [0.15, 0.2) is 83.1 Å². The lowest BCUT2D eigenvalue weighted by Crippen LogP contribution is -2.37. The van der Waals surface area contributed by atoms with Gasteiger partial charge >= 0.3 is 0 Å². The topological polar surface area (TPSA) is 80.6 Å². The van der Waals surface area contributed by atoms with Gasteiger partial charge in [-0.05, 0) is 54.3 Å². The molecule has 0 unspecified atom stereocenters. The Balaban J connectivity index is 1.84. The zero-order valence-electron chi connectivity index (χ0n) is 18.5. The molecule has 2 N–H and O–H groups in total. The number of nitrogens with one attached hydrogen (secondary N) is 2. The first-order chi connectivity index (χ1) is 15.5. The Morgan fingerprint density at radius 3 is 2.31 bits per heavy atom. The van der Waals surface area contributed by atoms with Gasteiger partial charge < -0.3 is 19.8 Å². The Kier molecular flexibility index (Phi) is 7.86. The molecular weight excluding hydrogens is 404 g/mol. The van der Waals surface area contributed by atoms with Crippen molar-refractivity contribution < 1.29 is 18.7 Å². The molecule has 3 aromatic rings. The number of methoxy groups -OCH3 is 1. The third-order valence-electron chi connectivity index (χ3n) is 4.89. The molecule has 3 rings (SSSR count). The van der Waals surface area contributed by atoms with Gasteiger partial charge in [-0.2, -0.15) is 0 Å².